The molecular formula is C22H39NO. The molecule has 0 spiro atoms. The minimum Gasteiger partial charge on any atom is -0.496 e. The van der Waals surface area contributed by atoms with Gasteiger partial charge in [0.2, 0.25) is 0 Å². The Morgan fingerprint density at radius 3 is 1.83 bits per heavy atom. The van der Waals surface area contributed by atoms with Crippen molar-refractivity contribution in [2.24, 2.45) is 0 Å². The molecular weight excluding hydrogens is 294 g/mol. The van der Waals surface area contributed by atoms with Crippen molar-refractivity contribution in [1.29, 1.82) is 0 Å². The van der Waals surface area contributed by atoms with Crippen molar-refractivity contribution < 1.29 is 4.74 Å². The molecule has 0 heterocycles. The van der Waals surface area contributed by atoms with E-state index in [2.05, 4.69) is 43.0 Å². The van der Waals surface area contributed by atoms with Gasteiger partial charge in [0.1, 0.15) is 5.75 Å². The highest BCUT2D eigenvalue weighted by atomic mass is 16.5. The second-order valence-electron chi connectivity index (χ2n) is 6.92. The van der Waals surface area contributed by atoms with Crippen LogP contribution in [-0.4, -0.2) is 25.1 Å². The van der Waals surface area contributed by atoms with Gasteiger partial charge in [-0.15, -0.1) is 0 Å². The molecule has 0 bridgehead atoms. The summed E-state index contributed by atoms with van der Waals surface area (Å²) in [5.74, 6) is 1.03. The Kier molecular flexibility index (Phi) is 12.6. The molecule has 0 fully saturated rings. The molecule has 0 aliphatic carbocycles. The number of unbranched alkanes of at least 4 members (excludes halogenated alkanes) is 8. The van der Waals surface area contributed by atoms with E-state index < -0.39 is 0 Å². The molecule has 0 radical (unpaired) electrons. The van der Waals surface area contributed by atoms with Crippen LogP contribution in [-0.2, 0) is 6.54 Å². The first-order valence-electron chi connectivity index (χ1n) is 10.2. The van der Waals surface area contributed by atoms with Crippen LogP contribution in [0.25, 0.3) is 0 Å². The zero-order valence-electron chi connectivity index (χ0n) is 16.4. The molecule has 0 aliphatic heterocycles. The average Bonchev–Trinajstić information content (AvgIpc) is 2.61. The summed E-state index contributed by atoms with van der Waals surface area (Å²) in [7, 11) is 1.78. The molecule has 0 aliphatic rings. The van der Waals surface area contributed by atoms with E-state index in [1.165, 1.54) is 82.9 Å². The molecule has 0 aromatic heterocycles. The molecule has 1 aromatic carbocycles. The highest BCUT2D eigenvalue weighted by Crippen LogP contribution is 2.20. The van der Waals surface area contributed by atoms with Crippen molar-refractivity contribution in [2.45, 2.75) is 84.6 Å². The number of nitrogens with zero attached hydrogens (tertiary/aromatic N) is 1. The number of para-hydroxylation sites is 1. The molecule has 0 unspecified atom stereocenters. The quantitative estimate of drug-likeness (QED) is 0.342. The second-order valence-corrected chi connectivity index (χ2v) is 6.92. The van der Waals surface area contributed by atoms with E-state index in [-0.39, 0.29) is 0 Å². The summed E-state index contributed by atoms with van der Waals surface area (Å²) in [6.07, 6.45) is 13.6. The van der Waals surface area contributed by atoms with Crippen molar-refractivity contribution in [3.05, 3.63) is 29.8 Å². The van der Waals surface area contributed by atoms with Crippen LogP contribution in [0.15, 0.2) is 24.3 Å². The Balaban J connectivity index is 2.46. The normalized spacial score (nSPS) is 11.2. The van der Waals surface area contributed by atoms with Gasteiger partial charge in [-0.2, -0.15) is 0 Å². The van der Waals surface area contributed by atoms with Crippen molar-refractivity contribution in [3.8, 4) is 5.75 Å². The standard InChI is InChI=1S/C22H39NO/c1-4-6-8-10-14-18-23(19-15-11-9-7-5-2)20-21-16-12-13-17-22(21)24-3/h12-13,16-17H,4-11,14-15,18-20H2,1-3H3. The highest BCUT2D eigenvalue weighted by Gasteiger charge is 2.09. The van der Waals surface area contributed by atoms with Crippen molar-refractivity contribution in [3.63, 3.8) is 0 Å². The van der Waals surface area contributed by atoms with Gasteiger partial charge >= 0.3 is 0 Å². The lowest BCUT2D eigenvalue weighted by Crippen LogP contribution is -2.26. The third-order valence-corrected chi connectivity index (χ3v) is 4.74. The smallest absolute Gasteiger partial charge is 0.123 e. The van der Waals surface area contributed by atoms with Gasteiger partial charge in [0.05, 0.1) is 7.11 Å². The maximum atomic E-state index is 5.53. The molecule has 0 saturated heterocycles. The number of hydrogen-bond donors (Lipinski definition) is 0. The minimum absolute atomic E-state index is 1.02. The molecule has 138 valence electrons. The molecule has 0 amide bonds. The van der Waals surface area contributed by atoms with Crippen molar-refractivity contribution in [2.75, 3.05) is 20.2 Å². The fourth-order valence-electron chi connectivity index (χ4n) is 3.22. The first-order valence-corrected chi connectivity index (χ1v) is 10.2. The molecule has 1 aromatic rings. The molecule has 0 N–H and O–H groups in total. The summed E-state index contributed by atoms with van der Waals surface area (Å²) in [6.45, 7) is 8.02. The summed E-state index contributed by atoms with van der Waals surface area (Å²) < 4.78 is 5.53. The first-order chi connectivity index (χ1) is 11.8. The monoisotopic (exact) mass is 333 g/mol. The highest BCUT2D eigenvalue weighted by molar-refractivity contribution is 5.33. The van der Waals surface area contributed by atoms with E-state index in [4.69, 9.17) is 4.74 Å². The lowest BCUT2D eigenvalue weighted by Gasteiger charge is -2.23. The van der Waals surface area contributed by atoms with Crippen molar-refractivity contribution >= 4 is 0 Å². The number of methoxy groups -OCH3 is 1. The SMILES string of the molecule is CCCCCCCN(CCCCCCC)Cc1ccccc1OC. The van der Waals surface area contributed by atoms with E-state index >= 15 is 0 Å². The van der Waals surface area contributed by atoms with Crippen LogP contribution < -0.4 is 4.74 Å². The topological polar surface area (TPSA) is 12.5 Å². The predicted octanol–water partition coefficient (Wildman–Crippen LogP) is 6.44. The molecule has 0 atom stereocenters. The lowest BCUT2D eigenvalue weighted by molar-refractivity contribution is 0.248. The van der Waals surface area contributed by atoms with Crippen LogP contribution in [0.3, 0.4) is 0 Å². The molecule has 24 heavy (non-hydrogen) atoms. The number of rotatable bonds is 15. The second kappa shape index (κ2) is 14.3. The number of hydrogen-bond acceptors (Lipinski definition) is 2. The van der Waals surface area contributed by atoms with Gasteiger partial charge in [-0.3, -0.25) is 4.90 Å². The fraction of sp³-hybridized carbons (Fsp3) is 0.727. The van der Waals surface area contributed by atoms with E-state index in [9.17, 15) is 0 Å². The van der Waals surface area contributed by atoms with E-state index in [0.29, 0.717) is 0 Å². The van der Waals surface area contributed by atoms with Gasteiger partial charge < -0.3 is 4.74 Å². The minimum atomic E-state index is 1.02. The van der Waals surface area contributed by atoms with Gasteiger partial charge in [0.15, 0.2) is 0 Å². The van der Waals surface area contributed by atoms with Crippen LogP contribution in [0.2, 0.25) is 0 Å². The van der Waals surface area contributed by atoms with Gasteiger partial charge in [-0.1, -0.05) is 83.4 Å². The van der Waals surface area contributed by atoms with Gasteiger partial charge in [-0.25, -0.2) is 0 Å². The summed E-state index contributed by atoms with van der Waals surface area (Å²) in [6, 6.07) is 8.47. The maximum absolute atomic E-state index is 5.53. The Hall–Kier alpha value is -1.02. The van der Waals surface area contributed by atoms with Crippen LogP contribution in [0.4, 0.5) is 0 Å². The number of ether oxygens (including phenoxy) is 1. The van der Waals surface area contributed by atoms with E-state index in [1.54, 1.807) is 7.11 Å². The van der Waals surface area contributed by atoms with Gasteiger partial charge in [-0.05, 0) is 32.0 Å². The zero-order valence-corrected chi connectivity index (χ0v) is 16.4. The van der Waals surface area contributed by atoms with E-state index in [0.717, 1.165) is 12.3 Å². The Bertz CT molecular complexity index is 391. The largest absolute Gasteiger partial charge is 0.496 e. The molecule has 1 rings (SSSR count). The summed E-state index contributed by atoms with van der Waals surface area (Å²) >= 11 is 0. The van der Waals surface area contributed by atoms with E-state index in [1.807, 2.05) is 0 Å². The average molecular weight is 334 g/mol. The first kappa shape index (κ1) is 21.0. The molecule has 2 nitrogen and oxygen atoms in total. The summed E-state index contributed by atoms with van der Waals surface area (Å²) in [4.78, 5) is 2.63. The Morgan fingerprint density at radius 1 is 0.750 bits per heavy atom. The van der Waals surface area contributed by atoms with Crippen LogP contribution in [0.5, 0.6) is 5.75 Å². The summed E-state index contributed by atoms with van der Waals surface area (Å²) in [5.41, 5.74) is 1.32. The van der Waals surface area contributed by atoms with Crippen LogP contribution >= 0.6 is 0 Å². The third kappa shape index (κ3) is 9.32. The van der Waals surface area contributed by atoms with Crippen LogP contribution in [0.1, 0.15) is 83.6 Å². The summed E-state index contributed by atoms with van der Waals surface area (Å²) in [5, 5.41) is 0. The fourth-order valence-corrected chi connectivity index (χ4v) is 3.22. The van der Waals surface area contributed by atoms with Gasteiger partial charge in [0, 0.05) is 12.1 Å². The zero-order chi connectivity index (χ0) is 17.5. The molecule has 2 heteroatoms. The number of benzene rings is 1. The predicted molar refractivity (Wildman–Crippen MR) is 106 cm³/mol. The maximum Gasteiger partial charge on any atom is 0.123 e. The Labute approximate surface area is 150 Å². The van der Waals surface area contributed by atoms with Gasteiger partial charge in [0.25, 0.3) is 0 Å². The third-order valence-electron chi connectivity index (χ3n) is 4.74. The molecule has 0 saturated carbocycles. The Morgan fingerprint density at radius 2 is 1.29 bits per heavy atom. The van der Waals surface area contributed by atoms with Crippen LogP contribution in [0, 0.1) is 0 Å². The van der Waals surface area contributed by atoms with Crippen molar-refractivity contribution in [1.82, 2.24) is 4.90 Å². The lowest BCUT2D eigenvalue weighted by atomic mass is 10.1.